The Morgan fingerprint density at radius 2 is 1.94 bits per heavy atom. The van der Waals surface area contributed by atoms with Crippen LogP contribution in [0.15, 0.2) is 24.3 Å². The highest BCUT2D eigenvalue weighted by atomic mass is 16.5. The van der Waals surface area contributed by atoms with E-state index in [0.29, 0.717) is 0 Å². The fraction of sp³-hybridized carbons (Fsp3) is 0.625. The average molecular weight is 248 g/mol. The molecule has 1 aliphatic carbocycles. The van der Waals surface area contributed by atoms with Crippen LogP contribution in [0, 0.1) is 5.41 Å². The van der Waals surface area contributed by atoms with Crippen LogP contribution in [-0.4, -0.2) is 17.3 Å². The summed E-state index contributed by atoms with van der Waals surface area (Å²) >= 11 is 0. The molecule has 0 aliphatic heterocycles. The van der Waals surface area contributed by atoms with Crippen LogP contribution in [0.3, 0.4) is 0 Å². The molecule has 1 fully saturated rings. The SMILES string of the molecule is CC(C)(C)c1cccc(OC2CC(O)C2(C)C)c1. The Hall–Kier alpha value is -1.02. The van der Waals surface area contributed by atoms with Crippen LogP contribution in [0.25, 0.3) is 0 Å². The normalized spacial score (nSPS) is 26.6. The lowest BCUT2D eigenvalue weighted by molar-refractivity contribution is -0.134. The Morgan fingerprint density at radius 3 is 2.44 bits per heavy atom. The summed E-state index contributed by atoms with van der Waals surface area (Å²) in [6.07, 6.45) is 0.600. The molecule has 2 atom stereocenters. The number of hydrogen-bond acceptors (Lipinski definition) is 2. The van der Waals surface area contributed by atoms with E-state index in [0.717, 1.165) is 12.2 Å². The van der Waals surface area contributed by atoms with E-state index in [2.05, 4.69) is 46.8 Å². The van der Waals surface area contributed by atoms with Gasteiger partial charge >= 0.3 is 0 Å². The van der Waals surface area contributed by atoms with Gasteiger partial charge in [-0.15, -0.1) is 0 Å². The van der Waals surface area contributed by atoms with E-state index in [1.807, 2.05) is 12.1 Å². The average Bonchev–Trinajstić information content (AvgIpc) is 2.28. The fourth-order valence-corrected chi connectivity index (χ4v) is 2.26. The van der Waals surface area contributed by atoms with Gasteiger partial charge in [-0.2, -0.15) is 0 Å². The Morgan fingerprint density at radius 1 is 1.28 bits per heavy atom. The Bertz CT molecular complexity index is 429. The highest BCUT2D eigenvalue weighted by molar-refractivity contribution is 5.33. The maximum absolute atomic E-state index is 9.73. The first kappa shape index (κ1) is 13.4. The third kappa shape index (κ3) is 2.39. The van der Waals surface area contributed by atoms with Crippen LogP contribution in [0.1, 0.15) is 46.6 Å². The third-order valence-corrected chi connectivity index (χ3v) is 4.10. The van der Waals surface area contributed by atoms with E-state index in [4.69, 9.17) is 4.74 Å². The molecule has 0 saturated heterocycles. The van der Waals surface area contributed by atoms with Crippen molar-refractivity contribution in [1.82, 2.24) is 0 Å². The molecular formula is C16H24O2. The van der Waals surface area contributed by atoms with Gasteiger partial charge in [0.1, 0.15) is 11.9 Å². The Balaban J connectivity index is 2.12. The Labute approximate surface area is 110 Å². The summed E-state index contributed by atoms with van der Waals surface area (Å²) in [5.74, 6) is 0.910. The van der Waals surface area contributed by atoms with Crippen LogP contribution >= 0.6 is 0 Å². The molecule has 1 aromatic carbocycles. The zero-order chi connectivity index (χ0) is 13.6. The van der Waals surface area contributed by atoms with Gasteiger partial charge in [0.2, 0.25) is 0 Å². The fourth-order valence-electron chi connectivity index (χ4n) is 2.26. The molecule has 1 aromatic rings. The first-order chi connectivity index (χ1) is 8.21. The molecule has 0 spiro atoms. The smallest absolute Gasteiger partial charge is 0.120 e. The second-order valence-electron chi connectivity index (χ2n) is 6.96. The standard InChI is InChI=1S/C16H24O2/c1-15(2,3)11-7-6-8-12(9-11)18-14-10-13(17)16(14,4)5/h6-9,13-14,17H,10H2,1-5H3. The molecule has 2 rings (SSSR count). The lowest BCUT2D eigenvalue weighted by Gasteiger charge is -2.48. The second kappa shape index (κ2) is 4.27. The van der Waals surface area contributed by atoms with Gasteiger partial charge in [-0.25, -0.2) is 0 Å². The van der Waals surface area contributed by atoms with Crippen molar-refractivity contribution >= 4 is 0 Å². The van der Waals surface area contributed by atoms with Crippen LogP contribution in [0.4, 0.5) is 0 Å². The number of aliphatic hydroxyl groups excluding tert-OH is 1. The minimum absolute atomic E-state index is 0.114. The molecule has 0 aromatic heterocycles. The topological polar surface area (TPSA) is 29.5 Å². The minimum Gasteiger partial charge on any atom is -0.490 e. The summed E-state index contributed by atoms with van der Waals surface area (Å²) in [6.45, 7) is 10.7. The molecule has 1 N–H and O–H groups in total. The molecule has 0 heterocycles. The van der Waals surface area contributed by atoms with Gasteiger partial charge in [0.15, 0.2) is 0 Å². The molecule has 1 aliphatic rings. The van der Waals surface area contributed by atoms with Crippen LogP contribution in [-0.2, 0) is 5.41 Å². The minimum atomic E-state index is -0.242. The van der Waals surface area contributed by atoms with Crippen molar-refractivity contribution in [2.45, 2.75) is 58.7 Å². The highest BCUT2D eigenvalue weighted by Crippen LogP contribution is 2.43. The molecule has 0 radical (unpaired) electrons. The largest absolute Gasteiger partial charge is 0.490 e. The molecule has 2 unspecified atom stereocenters. The van der Waals surface area contributed by atoms with E-state index < -0.39 is 0 Å². The lowest BCUT2D eigenvalue weighted by atomic mass is 9.66. The van der Waals surface area contributed by atoms with Gasteiger partial charge in [0.05, 0.1) is 6.10 Å². The summed E-state index contributed by atoms with van der Waals surface area (Å²) < 4.78 is 6.01. The van der Waals surface area contributed by atoms with E-state index in [-0.39, 0.29) is 23.0 Å². The van der Waals surface area contributed by atoms with Gasteiger partial charge in [0.25, 0.3) is 0 Å². The van der Waals surface area contributed by atoms with E-state index in [1.54, 1.807) is 0 Å². The second-order valence-corrected chi connectivity index (χ2v) is 6.96. The molecule has 18 heavy (non-hydrogen) atoms. The zero-order valence-electron chi connectivity index (χ0n) is 12.0. The van der Waals surface area contributed by atoms with Crippen molar-refractivity contribution in [2.75, 3.05) is 0 Å². The van der Waals surface area contributed by atoms with Gasteiger partial charge in [-0.1, -0.05) is 46.8 Å². The van der Waals surface area contributed by atoms with E-state index in [1.165, 1.54) is 5.56 Å². The number of hydrogen-bond donors (Lipinski definition) is 1. The molecular weight excluding hydrogens is 224 g/mol. The summed E-state index contributed by atoms with van der Waals surface area (Å²) in [5, 5.41) is 9.73. The van der Waals surface area contributed by atoms with Crippen LogP contribution < -0.4 is 4.74 Å². The lowest BCUT2D eigenvalue weighted by Crippen LogP contribution is -2.56. The van der Waals surface area contributed by atoms with Gasteiger partial charge in [-0.05, 0) is 23.1 Å². The maximum atomic E-state index is 9.73. The first-order valence-electron chi connectivity index (χ1n) is 6.66. The van der Waals surface area contributed by atoms with Crippen LogP contribution in [0.2, 0.25) is 0 Å². The summed E-state index contributed by atoms with van der Waals surface area (Å²) in [4.78, 5) is 0. The third-order valence-electron chi connectivity index (χ3n) is 4.10. The van der Waals surface area contributed by atoms with E-state index >= 15 is 0 Å². The summed E-state index contributed by atoms with van der Waals surface area (Å²) in [6, 6.07) is 8.28. The Kier molecular flexibility index (Phi) is 3.18. The van der Waals surface area contributed by atoms with Crippen molar-refractivity contribution < 1.29 is 9.84 Å². The van der Waals surface area contributed by atoms with Gasteiger partial charge in [-0.3, -0.25) is 0 Å². The van der Waals surface area contributed by atoms with Crippen molar-refractivity contribution in [3.05, 3.63) is 29.8 Å². The van der Waals surface area contributed by atoms with Crippen molar-refractivity contribution in [3.8, 4) is 5.75 Å². The molecule has 2 heteroatoms. The molecule has 2 nitrogen and oxygen atoms in total. The molecule has 0 bridgehead atoms. The number of rotatable bonds is 2. The monoisotopic (exact) mass is 248 g/mol. The number of aliphatic hydroxyl groups is 1. The predicted octanol–water partition coefficient (Wildman–Crippen LogP) is 3.52. The van der Waals surface area contributed by atoms with Gasteiger partial charge < -0.3 is 9.84 Å². The van der Waals surface area contributed by atoms with Crippen LogP contribution in [0.5, 0.6) is 5.75 Å². The summed E-state index contributed by atoms with van der Waals surface area (Å²) in [7, 11) is 0. The van der Waals surface area contributed by atoms with Crippen molar-refractivity contribution in [1.29, 1.82) is 0 Å². The molecule has 100 valence electrons. The molecule has 0 amide bonds. The first-order valence-corrected chi connectivity index (χ1v) is 6.66. The highest BCUT2D eigenvalue weighted by Gasteiger charge is 2.49. The van der Waals surface area contributed by atoms with Gasteiger partial charge in [0, 0.05) is 11.8 Å². The number of ether oxygens (including phenoxy) is 1. The number of benzene rings is 1. The zero-order valence-corrected chi connectivity index (χ0v) is 12.0. The molecule has 1 saturated carbocycles. The quantitative estimate of drug-likeness (QED) is 0.867. The maximum Gasteiger partial charge on any atom is 0.120 e. The van der Waals surface area contributed by atoms with E-state index in [9.17, 15) is 5.11 Å². The predicted molar refractivity (Wildman–Crippen MR) is 74.0 cm³/mol. The summed E-state index contributed by atoms with van der Waals surface area (Å²) in [5.41, 5.74) is 1.27. The van der Waals surface area contributed by atoms with Crippen molar-refractivity contribution in [3.63, 3.8) is 0 Å². The van der Waals surface area contributed by atoms with Crippen molar-refractivity contribution in [2.24, 2.45) is 5.41 Å².